The van der Waals surface area contributed by atoms with Crippen LogP contribution in [0.15, 0.2) is 41.4 Å². The number of carbonyl (C=O) groups is 1. The Morgan fingerprint density at radius 3 is 3.24 bits per heavy atom. The van der Waals surface area contributed by atoms with Gasteiger partial charge in [-0.1, -0.05) is 0 Å². The van der Waals surface area contributed by atoms with Crippen molar-refractivity contribution in [3.05, 3.63) is 54.0 Å². The summed E-state index contributed by atoms with van der Waals surface area (Å²) in [6, 6.07) is 4.01. The second-order valence-corrected chi connectivity index (χ2v) is 5.47. The standard InChI is InChI=1S/C16H15N3O2/c20-16(6-4-12-2-1-7-21-12)19-11-3-5-15(19)13-9-17-10-18-14(13)8-11/h1-2,4,6-7,9-11,15H,3,5,8H2/b6-4+. The van der Waals surface area contributed by atoms with Gasteiger partial charge in [0, 0.05) is 30.3 Å². The van der Waals surface area contributed by atoms with Crippen LogP contribution in [0.3, 0.4) is 0 Å². The number of fused-ring (bicyclic) bond motifs is 4. The first-order valence-electron chi connectivity index (χ1n) is 7.15. The normalized spacial score (nSPS) is 23.5. The molecular weight excluding hydrogens is 266 g/mol. The fourth-order valence-electron chi connectivity index (χ4n) is 3.39. The number of rotatable bonds is 2. The first-order valence-corrected chi connectivity index (χ1v) is 7.15. The predicted octanol–water partition coefficient (Wildman–Crippen LogP) is 2.37. The van der Waals surface area contributed by atoms with Crippen molar-refractivity contribution in [2.24, 2.45) is 0 Å². The highest BCUT2D eigenvalue weighted by atomic mass is 16.3. The fraction of sp³-hybridized carbons (Fsp3) is 0.312. The summed E-state index contributed by atoms with van der Waals surface area (Å²) in [6.07, 6.45) is 11.2. The molecule has 2 aliphatic rings. The van der Waals surface area contributed by atoms with Crippen molar-refractivity contribution in [3.8, 4) is 0 Å². The molecule has 106 valence electrons. The van der Waals surface area contributed by atoms with Gasteiger partial charge in [-0.2, -0.15) is 0 Å². The zero-order valence-corrected chi connectivity index (χ0v) is 11.5. The molecule has 1 amide bonds. The molecule has 0 saturated carbocycles. The molecule has 0 spiro atoms. The molecule has 4 heterocycles. The molecule has 0 aliphatic carbocycles. The van der Waals surface area contributed by atoms with Crippen LogP contribution in [0.4, 0.5) is 0 Å². The van der Waals surface area contributed by atoms with Crippen LogP contribution in [0, 0.1) is 0 Å². The van der Waals surface area contributed by atoms with Gasteiger partial charge in [-0.25, -0.2) is 9.97 Å². The lowest BCUT2D eigenvalue weighted by molar-refractivity contribution is -0.129. The third-order valence-corrected chi connectivity index (χ3v) is 4.31. The minimum absolute atomic E-state index is 0.0356. The quantitative estimate of drug-likeness (QED) is 0.793. The van der Waals surface area contributed by atoms with Crippen LogP contribution in [-0.2, 0) is 11.2 Å². The lowest BCUT2D eigenvalue weighted by atomic mass is 9.99. The molecule has 4 rings (SSSR count). The minimum atomic E-state index is 0.0356. The van der Waals surface area contributed by atoms with E-state index in [0.717, 1.165) is 30.5 Å². The maximum atomic E-state index is 12.5. The van der Waals surface area contributed by atoms with Crippen LogP contribution in [0.5, 0.6) is 0 Å². The smallest absolute Gasteiger partial charge is 0.247 e. The second kappa shape index (κ2) is 4.84. The Hall–Kier alpha value is -2.43. The zero-order valence-electron chi connectivity index (χ0n) is 11.5. The van der Waals surface area contributed by atoms with Crippen LogP contribution in [0.25, 0.3) is 6.08 Å². The van der Waals surface area contributed by atoms with Crippen molar-refractivity contribution in [2.45, 2.75) is 31.3 Å². The molecule has 2 aromatic rings. The summed E-state index contributed by atoms with van der Waals surface area (Å²) in [5.41, 5.74) is 2.20. The molecule has 1 fully saturated rings. The van der Waals surface area contributed by atoms with E-state index >= 15 is 0 Å². The lowest BCUT2D eigenvalue weighted by Gasteiger charge is -2.34. The van der Waals surface area contributed by atoms with Crippen LogP contribution in [-0.4, -0.2) is 26.8 Å². The van der Waals surface area contributed by atoms with Gasteiger partial charge >= 0.3 is 0 Å². The van der Waals surface area contributed by atoms with Gasteiger partial charge in [0.1, 0.15) is 12.1 Å². The van der Waals surface area contributed by atoms with Gasteiger partial charge in [0.05, 0.1) is 18.0 Å². The number of aromatic nitrogens is 2. The van der Waals surface area contributed by atoms with E-state index in [1.165, 1.54) is 0 Å². The van der Waals surface area contributed by atoms with Crippen molar-refractivity contribution >= 4 is 12.0 Å². The van der Waals surface area contributed by atoms with E-state index in [2.05, 4.69) is 9.97 Å². The summed E-state index contributed by atoms with van der Waals surface area (Å²) in [7, 11) is 0. The van der Waals surface area contributed by atoms with E-state index in [9.17, 15) is 4.79 Å². The second-order valence-electron chi connectivity index (χ2n) is 5.47. The van der Waals surface area contributed by atoms with Gasteiger partial charge in [-0.3, -0.25) is 4.79 Å². The maximum absolute atomic E-state index is 12.5. The van der Waals surface area contributed by atoms with Crippen LogP contribution in [0.2, 0.25) is 0 Å². The number of furan rings is 1. The Balaban J connectivity index is 1.61. The molecule has 2 unspecified atom stereocenters. The highest BCUT2D eigenvalue weighted by Crippen LogP contribution is 2.42. The Kier molecular flexibility index (Phi) is 2.84. The predicted molar refractivity (Wildman–Crippen MR) is 76.1 cm³/mol. The topological polar surface area (TPSA) is 59.2 Å². The number of nitrogens with zero attached hydrogens (tertiary/aromatic N) is 3. The molecule has 5 heteroatoms. The van der Waals surface area contributed by atoms with Crippen molar-refractivity contribution < 1.29 is 9.21 Å². The minimum Gasteiger partial charge on any atom is -0.465 e. The van der Waals surface area contributed by atoms with Gasteiger partial charge in [0.25, 0.3) is 0 Å². The zero-order chi connectivity index (χ0) is 14.2. The number of hydrogen-bond donors (Lipinski definition) is 0. The highest BCUT2D eigenvalue weighted by molar-refractivity contribution is 5.92. The monoisotopic (exact) mass is 281 g/mol. The van der Waals surface area contributed by atoms with Gasteiger partial charge in [0.15, 0.2) is 0 Å². The first-order chi connectivity index (χ1) is 10.3. The molecule has 5 nitrogen and oxygen atoms in total. The van der Waals surface area contributed by atoms with Crippen LogP contribution >= 0.6 is 0 Å². The molecule has 2 bridgehead atoms. The molecule has 2 atom stereocenters. The van der Waals surface area contributed by atoms with E-state index < -0.39 is 0 Å². The summed E-state index contributed by atoms with van der Waals surface area (Å²) < 4.78 is 5.22. The molecule has 0 aromatic carbocycles. The van der Waals surface area contributed by atoms with E-state index in [4.69, 9.17) is 4.42 Å². The van der Waals surface area contributed by atoms with E-state index in [0.29, 0.717) is 5.76 Å². The summed E-state index contributed by atoms with van der Waals surface area (Å²) in [5, 5.41) is 0. The molecule has 0 radical (unpaired) electrons. The molecular formula is C16H15N3O2. The summed E-state index contributed by atoms with van der Waals surface area (Å²) in [5.74, 6) is 0.727. The molecule has 2 aliphatic heterocycles. The maximum Gasteiger partial charge on any atom is 0.247 e. The Morgan fingerprint density at radius 1 is 1.43 bits per heavy atom. The molecule has 2 aromatic heterocycles. The largest absolute Gasteiger partial charge is 0.465 e. The van der Waals surface area contributed by atoms with Crippen molar-refractivity contribution in [3.63, 3.8) is 0 Å². The van der Waals surface area contributed by atoms with Gasteiger partial charge in [-0.15, -0.1) is 0 Å². The van der Waals surface area contributed by atoms with E-state index in [1.807, 2.05) is 23.2 Å². The summed E-state index contributed by atoms with van der Waals surface area (Å²) >= 11 is 0. The fourth-order valence-corrected chi connectivity index (χ4v) is 3.39. The molecule has 1 saturated heterocycles. The van der Waals surface area contributed by atoms with E-state index in [1.54, 1.807) is 24.7 Å². The van der Waals surface area contributed by atoms with Crippen LogP contribution < -0.4 is 0 Å². The van der Waals surface area contributed by atoms with E-state index in [-0.39, 0.29) is 18.0 Å². The summed E-state index contributed by atoms with van der Waals surface area (Å²) in [4.78, 5) is 23.0. The Bertz CT molecular complexity index is 693. The van der Waals surface area contributed by atoms with Gasteiger partial charge in [-0.05, 0) is 31.1 Å². The molecule has 21 heavy (non-hydrogen) atoms. The lowest BCUT2D eigenvalue weighted by Crippen LogP contribution is -2.41. The van der Waals surface area contributed by atoms with Gasteiger partial charge < -0.3 is 9.32 Å². The van der Waals surface area contributed by atoms with Crippen LogP contribution in [0.1, 0.15) is 35.9 Å². The van der Waals surface area contributed by atoms with Crippen molar-refractivity contribution in [1.82, 2.24) is 14.9 Å². The van der Waals surface area contributed by atoms with Crippen molar-refractivity contribution in [1.29, 1.82) is 0 Å². The SMILES string of the molecule is O=C(/C=C/c1ccco1)N1C2CCC1c1cncnc1C2. The van der Waals surface area contributed by atoms with Gasteiger partial charge in [0.2, 0.25) is 5.91 Å². The Morgan fingerprint density at radius 2 is 2.38 bits per heavy atom. The summed E-state index contributed by atoms with van der Waals surface area (Å²) in [6.45, 7) is 0. The third-order valence-electron chi connectivity index (χ3n) is 4.31. The Labute approximate surface area is 122 Å². The highest BCUT2D eigenvalue weighted by Gasteiger charge is 2.42. The average Bonchev–Trinajstić information content (AvgIpc) is 3.12. The average molecular weight is 281 g/mol. The molecule has 0 N–H and O–H groups in total. The first kappa shape index (κ1) is 12.3. The number of carbonyl (C=O) groups excluding carboxylic acids is 1. The number of amides is 1. The van der Waals surface area contributed by atoms with Crippen molar-refractivity contribution in [2.75, 3.05) is 0 Å². The third kappa shape index (κ3) is 2.05. The number of hydrogen-bond acceptors (Lipinski definition) is 4.